The summed E-state index contributed by atoms with van der Waals surface area (Å²) in [6, 6.07) is 6.16. The predicted molar refractivity (Wildman–Crippen MR) is 79.3 cm³/mol. The smallest absolute Gasteiger partial charge is 0.338 e. The first-order valence-corrected chi connectivity index (χ1v) is 7.20. The van der Waals surface area contributed by atoms with Crippen molar-refractivity contribution in [2.75, 3.05) is 24.2 Å². The topological polar surface area (TPSA) is 79.8 Å². The Morgan fingerprint density at radius 2 is 2.05 bits per heavy atom. The number of aliphatic imine (C=N–C) groups is 1. The highest BCUT2D eigenvalue weighted by Crippen LogP contribution is 2.12. The number of rotatable bonds is 3. The molecule has 1 aliphatic heterocycles. The lowest BCUT2D eigenvalue weighted by Gasteiger charge is -2.07. The minimum Gasteiger partial charge on any atom is -0.462 e. The Morgan fingerprint density at radius 3 is 2.65 bits per heavy atom. The number of carbonyl (C=O) groups excluding carboxylic acids is 2. The van der Waals surface area contributed by atoms with Crippen LogP contribution in [0, 0.1) is 0 Å². The number of ether oxygens (including phenoxy) is 1. The third kappa shape index (κ3) is 3.99. The van der Waals surface area contributed by atoms with Crippen LogP contribution >= 0.6 is 11.8 Å². The molecule has 1 heterocycles. The summed E-state index contributed by atoms with van der Waals surface area (Å²) in [5.41, 5.74) is 1.05. The first-order valence-electron chi connectivity index (χ1n) is 6.21. The second-order valence-electron chi connectivity index (χ2n) is 3.91. The van der Waals surface area contributed by atoms with Crippen molar-refractivity contribution in [3.8, 4) is 0 Å². The van der Waals surface area contributed by atoms with Crippen molar-refractivity contribution in [1.82, 2.24) is 5.32 Å². The van der Waals surface area contributed by atoms with Gasteiger partial charge in [0.25, 0.3) is 0 Å². The van der Waals surface area contributed by atoms with Gasteiger partial charge >= 0.3 is 12.0 Å². The van der Waals surface area contributed by atoms with E-state index in [1.807, 2.05) is 0 Å². The van der Waals surface area contributed by atoms with Crippen molar-refractivity contribution in [2.24, 2.45) is 4.99 Å². The molecular formula is C13H15N3O3S. The number of carbonyl (C=O) groups is 2. The van der Waals surface area contributed by atoms with Gasteiger partial charge in [-0.2, -0.15) is 0 Å². The van der Waals surface area contributed by atoms with Crippen molar-refractivity contribution in [3.63, 3.8) is 0 Å². The van der Waals surface area contributed by atoms with E-state index in [1.54, 1.807) is 31.2 Å². The Morgan fingerprint density at radius 1 is 1.30 bits per heavy atom. The molecule has 0 fully saturated rings. The molecule has 6 nitrogen and oxygen atoms in total. The molecule has 7 heteroatoms. The van der Waals surface area contributed by atoms with Gasteiger partial charge in [-0.05, 0) is 31.2 Å². The number of amides is 2. The first-order chi connectivity index (χ1) is 9.69. The molecule has 2 N–H and O–H groups in total. The Labute approximate surface area is 121 Å². The van der Waals surface area contributed by atoms with E-state index in [9.17, 15) is 9.59 Å². The minimum absolute atomic E-state index is 0.334. The summed E-state index contributed by atoms with van der Waals surface area (Å²) in [7, 11) is 0. The van der Waals surface area contributed by atoms with E-state index in [2.05, 4.69) is 15.6 Å². The molecule has 0 aliphatic carbocycles. The van der Waals surface area contributed by atoms with E-state index < -0.39 is 0 Å². The molecule has 0 atom stereocenters. The SMILES string of the molecule is CCOC(=O)c1ccc(NC(=O)NC2=NCCS2)cc1. The standard InChI is InChI=1S/C13H15N3O3S/c1-2-19-11(17)9-3-5-10(6-4-9)15-12(18)16-13-14-7-8-20-13/h3-6H,2,7-8H2,1H3,(H2,14,15,16,18). The summed E-state index contributed by atoms with van der Waals surface area (Å²) >= 11 is 1.51. The number of hydrogen-bond acceptors (Lipinski definition) is 5. The summed E-state index contributed by atoms with van der Waals surface area (Å²) in [6.45, 7) is 2.82. The predicted octanol–water partition coefficient (Wildman–Crippen LogP) is 2.09. The van der Waals surface area contributed by atoms with Crippen LogP contribution in [0.2, 0.25) is 0 Å². The fraction of sp³-hybridized carbons (Fsp3) is 0.308. The molecule has 0 spiro atoms. The average Bonchev–Trinajstić information content (AvgIpc) is 2.92. The van der Waals surface area contributed by atoms with Gasteiger partial charge in [-0.15, -0.1) is 0 Å². The molecule has 1 aliphatic rings. The van der Waals surface area contributed by atoms with E-state index in [-0.39, 0.29) is 12.0 Å². The lowest BCUT2D eigenvalue weighted by atomic mass is 10.2. The lowest BCUT2D eigenvalue weighted by molar-refractivity contribution is 0.0526. The van der Waals surface area contributed by atoms with Gasteiger partial charge in [0, 0.05) is 11.4 Å². The van der Waals surface area contributed by atoms with Crippen molar-refractivity contribution >= 4 is 34.6 Å². The van der Waals surface area contributed by atoms with Gasteiger partial charge in [0.15, 0.2) is 5.17 Å². The molecule has 1 aromatic rings. The second kappa shape index (κ2) is 6.95. The Bertz CT molecular complexity index is 528. The number of amidine groups is 1. The minimum atomic E-state index is -0.375. The van der Waals surface area contributed by atoms with E-state index in [0.717, 1.165) is 12.3 Å². The zero-order valence-electron chi connectivity index (χ0n) is 11.0. The van der Waals surface area contributed by atoms with Crippen molar-refractivity contribution < 1.29 is 14.3 Å². The molecule has 0 saturated heterocycles. The normalized spacial score (nSPS) is 13.6. The summed E-state index contributed by atoms with van der Waals surface area (Å²) < 4.78 is 4.88. The summed E-state index contributed by atoms with van der Waals surface area (Å²) in [4.78, 5) is 27.3. The highest BCUT2D eigenvalue weighted by Gasteiger charge is 2.11. The number of nitrogens with zero attached hydrogens (tertiary/aromatic N) is 1. The molecule has 20 heavy (non-hydrogen) atoms. The highest BCUT2D eigenvalue weighted by atomic mass is 32.2. The summed E-state index contributed by atoms with van der Waals surface area (Å²) in [6.07, 6.45) is 0. The molecule has 0 bridgehead atoms. The van der Waals surface area contributed by atoms with Gasteiger partial charge in [0.1, 0.15) is 0 Å². The molecule has 2 rings (SSSR count). The van der Waals surface area contributed by atoms with Crippen LogP contribution in [0.15, 0.2) is 29.3 Å². The van der Waals surface area contributed by atoms with Gasteiger partial charge in [-0.3, -0.25) is 10.3 Å². The number of thioether (sulfide) groups is 1. The number of esters is 1. The number of nitrogens with one attached hydrogen (secondary N) is 2. The quantitative estimate of drug-likeness (QED) is 0.836. The molecule has 0 saturated carbocycles. The van der Waals surface area contributed by atoms with Crippen LogP contribution in [0.4, 0.5) is 10.5 Å². The van der Waals surface area contributed by atoms with Crippen LogP contribution in [0.1, 0.15) is 17.3 Å². The molecule has 106 valence electrons. The largest absolute Gasteiger partial charge is 0.462 e. The van der Waals surface area contributed by atoms with E-state index in [1.165, 1.54) is 11.8 Å². The van der Waals surface area contributed by atoms with Crippen LogP contribution in [0.3, 0.4) is 0 Å². The zero-order valence-corrected chi connectivity index (χ0v) is 11.8. The van der Waals surface area contributed by atoms with Crippen LogP contribution < -0.4 is 10.6 Å². The Balaban J connectivity index is 1.89. The second-order valence-corrected chi connectivity index (χ2v) is 5.00. The van der Waals surface area contributed by atoms with Crippen LogP contribution in [0.25, 0.3) is 0 Å². The Kier molecular flexibility index (Phi) is 5.00. The molecular weight excluding hydrogens is 278 g/mol. The first kappa shape index (κ1) is 14.4. The van der Waals surface area contributed by atoms with Crippen molar-refractivity contribution in [2.45, 2.75) is 6.92 Å². The Hall–Kier alpha value is -2.02. The maximum absolute atomic E-state index is 11.7. The number of urea groups is 1. The summed E-state index contributed by atoms with van der Waals surface area (Å²) in [5, 5.41) is 5.96. The van der Waals surface area contributed by atoms with Gasteiger partial charge in [-0.1, -0.05) is 11.8 Å². The van der Waals surface area contributed by atoms with E-state index in [4.69, 9.17) is 4.74 Å². The molecule has 0 aromatic heterocycles. The molecule has 0 unspecified atom stereocenters. The zero-order chi connectivity index (χ0) is 14.4. The average molecular weight is 293 g/mol. The van der Waals surface area contributed by atoms with Crippen LogP contribution in [-0.2, 0) is 4.74 Å². The van der Waals surface area contributed by atoms with E-state index >= 15 is 0 Å². The third-order valence-corrected chi connectivity index (χ3v) is 3.35. The maximum atomic E-state index is 11.7. The van der Waals surface area contributed by atoms with Crippen LogP contribution in [-0.4, -0.2) is 36.1 Å². The molecule has 2 amide bonds. The monoisotopic (exact) mass is 293 g/mol. The fourth-order valence-corrected chi connectivity index (χ4v) is 2.30. The van der Waals surface area contributed by atoms with Gasteiger partial charge < -0.3 is 10.1 Å². The molecule has 1 aromatic carbocycles. The lowest BCUT2D eigenvalue weighted by Crippen LogP contribution is -2.31. The summed E-state index contributed by atoms with van der Waals surface area (Å²) in [5.74, 6) is 0.518. The number of benzene rings is 1. The third-order valence-electron chi connectivity index (χ3n) is 2.46. The van der Waals surface area contributed by atoms with Crippen LogP contribution in [0.5, 0.6) is 0 Å². The van der Waals surface area contributed by atoms with Crippen molar-refractivity contribution in [3.05, 3.63) is 29.8 Å². The van der Waals surface area contributed by atoms with E-state index in [0.29, 0.717) is 23.0 Å². The fourth-order valence-electron chi connectivity index (χ4n) is 1.57. The maximum Gasteiger partial charge on any atom is 0.338 e. The van der Waals surface area contributed by atoms with Crippen molar-refractivity contribution in [1.29, 1.82) is 0 Å². The van der Waals surface area contributed by atoms with Gasteiger partial charge in [0.05, 0.1) is 18.7 Å². The number of hydrogen-bond donors (Lipinski definition) is 2. The molecule has 0 radical (unpaired) electrons. The highest BCUT2D eigenvalue weighted by molar-refractivity contribution is 8.14. The van der Waals surface area contributed by atoms with Gasteiger partial charge in [0.2, 0.25) is 0 Å². The van der Waals surface area contributed by atoms with Gasteiger partial charge in [-0.25, -0.2) is 9.59 Å². The number of anilines is 1.